The molecule has 2 unspecified atom stereocenters. The van der Waals surface area contributed by atoms with E-state index in [1.807, 2.05) is 0 Å². The van der Waals surface area contributed by atoms with Crippen LogP contribution in [0.1, 0.15) is 39.0 Å². The normalized spacial score (nSPS) is 31.1. The van der Waals surface area contributed by atoms with Crippen LogP contribution in [0.2, 0.25) is 0 Å². The maximum absolute atomic E-state index is 11.9. The van der Waals surface area contributed by atoms with Crippen molar-refractivity contribution in [1.29, 1.82) is 0 Å². The summed E-state index contributed by atoms with van der Waals surface area (Å²) in [5.41, 5.74) is 1.74. The lowest BCUT2D eigenvalue weighted by molar-refractivity contribution is -0.127. The average molecular weight is 257 g/mol. The van der Waals surface area contributed by atoms with Crippen molar-refractivity contribution >= 4 is 11.5 Å². The molecule has 2 nitrogen and oxygen atoms in total. The first kappa shape index (κ1) is 12.7. The topological polar surface area (TPSA) is 20.3 Å². The van der Waals surface area contributed by atoms with Crippen molar-refractivity contribution in [2.24, 2.45) is 11.3 Å². The van der Waals surface area contributed by atoms with Gasteiger partial charge in [-0.2, -0.15) is 0 Å². The molecular weight excluding hydrogens is 234 g/mol. The van der Waals surface area contributed by atoms with Gasteiger partial charge in [0.15, 0.2) is 0 Å². The van der Waals surface area contributed by atoms with E-state index in [4.69, 9.17) is 0 Å². The van der Waals surface area contributed by atoms with Crippen LogP contribution in [-0.4, -0.2) is 18.9 Å². The predicted octanol–water partition coefficient (Wildman–Crippen LogP) is 3.66. The number of hydrogen-bond acceptors (Lipinski definition) is 2. The van der Waals surface area contributed by atoms with Gasteiger partial charge >= 0.3 is 0 Å². The molecule has 0 amide bonds. The van der Waals surface area contributed by atoms with Gasteiger partial charge in [-0.15, -0.1) is 0 Å². The first-order valence-corrected chi connectivity index (χ1v) is 7.55. The quantitative estimate of drug-likeness (QED) is 0.806. The summed E-state index contributed by atoms with van der Waals surface area (Å²) in [6.07, 6.45) is 5.30. The minimum absolute atomic E-state index is 0.324. The number of carbonyl (C=O) groups is 1. The van der Waals surface area contributed by atoms with Gasteiger partial charge in [-0.1, -0.05) is 25.1 Å². The van der Waals surface area contributed by atoms with E-state index in [0.717, 1.165) is 38.8 Å². The Kier molecular flexibility index (Phi) is 3.34. The summed E-state index contributed by atoms with van der Waals surface area (Å²) in [6, 6.07) is 10.7. The van der Waals surface area contributed by atoms with Gasteiger partial charge in [0.1, 0.15) is 5.78 Å². The Bertz CT molecular complexity index is 456. The molecule has 0 aromatic heterocycles. The van der Waals surface area contributed by atoms with Gasteiger partial charge in [0, 0.05) is 31.1 Å². The van der Waals surface area contributed by atoms with Gasteiger partial charge in [0.25, 0.3) is 0 Å². The Balaban J connectivity index is 1.73. The van der Waals surface area contributed by atoms with Gasteiger partial charge in [0.2, 0.25) is 0 Å². The molecule has 0 radical (unpaired) electrons. The summed E-state index contributed by atoms with van der Waals surface area (Å²) in [4.78, 5) is 14.4. The van der Waals surface area contributed by atoms with Crippen LogP contribution in [0, 0.1) is 11.3 Å². The van der Waals surface area contributed by atoms with Crippen LogP contribution in [0.3, 0.4) is 0 Å². The number of nitrogens with zero attached hydrogens (tertiary/aromatic N) is 1. The van der Waals surface area contributed by atoms with Crippen LogP contribution in [0.5, 0.6) is 0 Å². The van der Waals surface area contributed by atoms with E-state index in [1.54, 1.807) is 0 Å². The lowest BCUT2D eigenvalue weighted by atomic mass is 9.68. The Morgan fingerprint density at radius 3 is 2.79 bits per heavy atom. The van der Waals surface area contributed by atoms with Crippen molar-refractivity contribution < 1.29 is 4.79 Å². The minimum atomic E-state index is 0.324. The number of ketones is 1. The Labute approximate surface area is 115 Å². The van der Waals surface area contributed by atoms with Crippen molar-refractivity contribution in [2.45, 2.75) is 39.0 Å². The molecule has 1 aliphatic heterocycles. The highest BCUT2D eigenvalue weighted by atomic mass is 16.1. The maximum Gasteiger partial charge on any atom is 0.136 e. The summed E-state index contributed by atoms with van der Waals surface area (Å²) in [6.45, 7) is 4.45. The van der Waals surface area contributed by atoms with Crippen LogP contribution >= 0.6 is 0 Å². The minimum Gasteiger partial charge on any atom is -0.371 e. The summed E-state index contributed by atoms with van der Waals surface area (Å²) in [5, 5.41) is 0. The Morgan fingerprint density at radius 2 is 2.05 bits per heavy atom. The first-order valence-electron chi connectivity index (χ1n) is 7.55. The van der Waals surface area contributed by atoms with Crippen molar-refractivity contribution in [2.75, 3.05) is 18.0 Å². The van der Waals surface area contributed by atoms with Gasteiger partial charge < -0.3 is 4.90 Å². The summed E-state index contributed by atoms with van der Waals surface area (Å²) in [5.74, 6) is 0.829. The van der Waals surface area contributed by atoms with Crippen molar-refractivity contribution in [3.63, 3.8) is 0 Å². The molecular formula is C17H23NO. The average Bonchev–Trinajstić information content (AvgIpc) is 2.87. The SMILES string of the molecule is CCC1CC2(CCC1=O)CCN(c1ccccc1)C2. The molecule has 1 heterocycles. The number of anilines is 1. The fourth-order valence-corrected chi connectivity index (χ4v) is 3.87. The molecule has 3 rings (SSSR count). The molecule has 102 valence electrons. The Hall–Kier alpha value is -1.31. The lowest BCUT2D eigenvalue weighted by Gasteiger charge is -2.37. The monoisotopic (exact) mass is 257 g/mol. The molecule has 1 saturated carbocycles. The number of hydrogen-bond donors (Lipinski definition) is 0. The zero-order valence-electron chi connectivity index (χ0n) is 11.8. The molecule has 2 atom stereocenters. The van der Waals surface area contributed by atoms with E-state index in [-0.39, 0.29) is 0 Å². The third kappa shape index (κ3) is 2.41. The molecule has 0 N–H and O–H groups in total. The zero-order chi connectivity index (χ0) is 13.3. The number of benzene rings is 1. The number of carbonyl (C=O) groups excluding carboxylic acids is 1. The van der Waals surface area contributed by atoms with Crippen LogP contribution in [0.25, 0.3) is 0 Å². The van der Waals surface area contributed by atoms with Crippen molar-refractivity contribution in [3.05, 3.63) is 30.3 Å². The fourth-order valence-electron chi connectivity index (χ4n) is 3.87. The maximum atomic E-state index is 11.9. The first-order chi connectivity index (χ1) is 9.22. The van der Waals surface area contributed by atoms with E-state index in [0.29, 0.717) is 17.1 Å². The van der Waals surface area contributed by atoms with Crippen molar-refractivity contribution in [1.82, 2.24) is 0 Å². The van der Waals surface area contributed by atoms with Crippen LogP contribution in [-0.2, 0) is 4.79 Å². The second-order valence-electron chi connectivity index (χ2n) is 6.28. The smallest absolute Gasteiger partial charge is 0.136 e. The third-order valence-electron chi connectivity index (χ3n) is 5.09. The molecule has 1 saturated heterocycles. The highest BCUT2D eigenvalue weighted by Crippen LogP contribution is 2.46. The van der Waals surface area contributed by atoms with E-state index in [2.05, 4.69) is 42.2 Å². The molecule has 19 heavy (non-hydrogen) atoms. The highest BCUT2D eigenvalue weighted by Gasteiger charge is 2.43. The molecule has 1 aromatic carbocycles. The molecule has 0 bridgehead atoms. The molecule has 2 fully saturated rings. The van der Waals surface area contributed by atoms with Gasteiger partial charge in [-0.3, -0.25) is 4.79 Å². The van der Waals surface area contributed by atoms with E-state index >= 15 is 0 Å². The third-order valence-corrected chi connectivity index (χ3v) is 5.09. The molecule has 1 spiro atoms. The highest BCUT2D eigenvalue weighted by molar-refractivity contribution is 5.82. The molecule has 1 aromatic rings. The van der Waals surface area contributed by atoms with E-state index in [1.165, 1.54) is 12.1 Å². The van der Waals surface area contributed by atoms with Crippen molar-refractivity contribution in [3.8, 4) is 0 Å². The standard InChI is InChI=1S/C17H23NO/c1-2-14-12-17(9-8-16(14)19)10-11-18(13-17)15-6-4-3-5-7-15/h3-7,14H,2,8-13H2,1H3. The molecule has 2 heteroatoms. The summed E-state index contributed by atoms with van der Waals surface area (Å²) < 4.78 is 0. The number of rotatable bonds is 2. The van der Waals surface area contributed by atoms with Gasteiger partial charge in [0.05, 0.1) is 0 Å². The Morgan fingerprint density at radius 1 is 1.26 bits per heavy atom. The van der Waals surface area contributed by atoms with E-state index in [9.17, 15) is 4.79 Å². The predicted molar refractivity (Wildman–Crippen MR) is 78.3 cm³/mol. The van der Waals surface area contributed by atoms with Crippen LogP contribution < -0.4 is 4.90 Å². The number of Topliss-reactive ketones (excluding diaryl/α,β-unsaturated/α-hetero) is 1. The van der Waals surface area contributed by atoms with Gasteiger partial charge in [-0.05, 0) is 43.2 Å². The molecule has 2 aliphatic rings. The lowest BCUT2D eigenvalue weighted by Crippen LogP contribution is -2.36. The van der Waals surface area contributed by atoms with E-state index < -0.39 is 0 Å². The van der Waals surface area contributed by atoms with Crippen LogP contribution in [0.4, 0.5) is 5.69 Å². The van der Waals surface area contributed by atoms with Crippen LogP contribution in [0.15, 0.2) is 30.3 Å². The van der Waals surface area contributed by atoms with Gasteiger partial charge in [-0.25, -0.2) is 0 Å². The fraction of sp³-hybridized carbons (Fsp3) is 0.588. The summed E-state index contributed by atoms with van der Waals surface area (Å²) in [7, 11) is 0. The molecule has 1 aliphatic carbocycles. The zero-order valence-corrected chi connectivity index (χ0v) is 11.8. The number of para-hydroxylation sites is 1. The second-order valence-corrected chi connectivity index (χ2v) is 6.28. The summed E-state index contributed by atoms with van der Waals surface area (Å²) >= 11 is 0. The largest absolute Gasteiger partial charge is 0.371 e. The second kappa shape index (κ2) is 4.99.